The number of piperidine rings is 1. The van der Waals surface area contributed by atoms with Crippen molar-refractivity contribution in [1.29, 1.82) is 0 Å². The third-order valence-electron chi connectivity index (χ3n) is 3.92. The third-order valence-corrected chi connectivity index (χ3v) is 3.92. The minimum absolute atomic E-state index is 0.370. The zero-order valence-electron chi connectivity index (χ0n) is 11.7. The summed E-state index contributed by atoms with van der Waals surface area (Å²) in [5.74, 6) is -0.858. The fourth-order valence-corrected chi connectivity index (χ4v) is 2.66. The predicted molar refractivity (Wildman–Crippen MR) is 75.4 cm³/mol. The van der Waals surface area contributed by atoms with Crippen LogP contribution < -0.4 is 0 Å². The van der Waals surface area contributed by atoms with Crippen LogP contribution in [0.5, 0.6) is 0 Å². The van der Waals surface area contributed by atoms with E-state index in [0.29, 0.717) is 11.6 Å². The number of aromatic carboxylic acids is 1. The van der Waals surface area contributed by atoms with Crippen LogP contribution in [0.4, 0.5) is 0 Å². The summed E-state index contributed by atoms with van der Waals surface area (Å²) in [5.41, 5.74) is 1.44. The lowest BCUT2D eigenvalue weighted by Crippen LogP contribution is -2.41. The molecule has 0 aliphatic carbocycles. The predicted octanol–water partition coefficient (Wildman–Crippen LogP) is 1.91. The maximum atomic E-state index is 11.0. The van der Waals surface area contributed by atoms with Gasteiger partial charge in [-0.2, -0.15) is 0 Å². The number of rotatable bonds is 4. The largest absolute Gasteiger partial charge is 0.478 e. The monoisotopic (exact) mass is 262 g/mol. The van der Waals surface area contributed by atoms with Gasteiger partial charge in [-0.3, -0.25) is 4.90 Å². The molecule has 0 spiro atoms. The number of benzene rings is 1. The lowest BCUT2D eigenvalue weighted by molar-refractivity contribution is 0.0696. The van der Waals surface area contributed by atoms with Crippen LogP contribution in [0.2, 0.25) is 0 Å². The highest BCUT2D eigenvalue weighted by Gasteiger charge is 2.20. The molecular weight excluding hydrogens is 240 g/mol. The van der Waals surface area contributed by atoms with E-state index in [4.69, 9.17) is 5.11 Å². The minimum atomic E-state index is -0.858. The van der Waals surface area contributed by atoms with E-state index in [0.717, 1.165) is 25.2 Å². The van der Waals surface area contributed by atoms with Crippen molar-refractivity contribution in [2.75, 3.05) is 27.2 Å². The average molecular weight is 262 g/mol. The molecule has 1 heterocycles. The lowest BCUT2D eigenvalue weighted by Gasteiger charge is -2.35. The first-order chi connectivity index (χ1) is 9.06. The van der Waals surface area contributed by atoms with Crippen molar-refractivity contribution in [2.24, 2.45) is 0 Å². The maximum Gasteiger partial charge on any atom is 0.335 e. The van der Waals surface area contributed by atoms with Crippen molar-refractivity contribution in [3.05, 3.63) is 35.4 Å². The summed E-state index contributed by atoms with van der Waals surface area (Å²) in [4.78, 5) is 15.7. The van der Waals surface area contributed by atoms with Crippen LogP contribution >= 0.6 is 0 Å². The van der Waals surface area contributed by atoms with Gasteiger partial charge in [0.1, 0.15) is 0 Å². The molecule has 104 valence electrons. The molecule has 2 rings (SSSR count). The van der Waals surface area contributed by atoms with Crippen molar-refractivity contribution in [2.45, 2.75) is 25.4 Å². The van der Waals surface area contributed by atoms with E-state index < -0.39 is 5.97 Å². The molecule has 1 aliphatic rings. The molecule has 19 heavy (non-hydrogen) atoms. The molecule has 0 amide bonds. The Bertz CT molecular complexity index is 440. The second-order valence-electron chi connectivity index (χ2n) is 5.46. The van der Waals surface area contributed by atoms with E-state index in [-0.39, 0.29) is 0 Å². The molecule has 1 aromatic rings. The summed E-state index contributed by atoms with van der Waals surface area (Å²) >= 11 is 0. The van der Waals surface area contributed by atoms with E-state index in [9.17, 15) is 4.79 Å². The number of hydrogen-bond donors (Lipinski definition) is 1. The van der Waals surface area contributed by atoms with Gasteiger partial charge in [0.2, 0.25) is 0 Å². The Balaban J connectivity index is 1.96. The Hall–Kier alpha value is -1.39. The zero-order chi connectivity index (χ0) is 13.8. The molecule has 1 aliphatic heterocycles. The molecule has 0 bridgehead atoms. The van der Waals surface area contributed by atoms with E-state index >= 15 is 0 Å². The van der Waals surface area contributed by atoms with Gasteiger partial charge >= 0.3 is 5.97 Å². The van der Waals surface area contributed by atoms with Gasteiger partial charge in [0.05, 0.1) is 5.56 Å². The van der Waals surface area contributed by atoms with E-state index in [2.05, 4.69) is 23.9 Å². The second kappa shape index (κ2) is 6.17. The Kier molecular flexibility index (Phi) is 4.56. The molecule has 0 radical (unpaired) electrons. The number of likely N-dealkylation sites (tertiary alicyclic amines) is 1. The summed E-state index contributed by atoms with van der Waals surface area (Å²) in [6.45, 7) is 3.10. The molecule has 0 unspecified atom stereocenters. The van der Waals surface area contributed by atoms with Crippen molar-refractivity contribution >= 4 is 5.97 Å². The first-order valence-corrected chi connectivity index (χ1v) is 6.77. The molecule has 4 nitrogen and oxygen atoms in total. The van der Waals surface area contributed by atoms with Gasteiger partial charge in [0, 0.05) is 12.6 Å². The SMILES string of the molecule is CN1CCC(N(C)Cc2cccc(C(=O)O)c2)CC1. The first kappa shape index (κ1) is 14.0. The lowest BCUT2D eigenvalue weighted by atomic mass is 10.0. The van der Waals surface area contributed by atoms with Crippen LogP contribution in [-0.4, -0.2) is 54.1 Å². The van der Waals surface area contributed by atoms with Gasteiger partial charge in [-0.25, -0.2) is 4.79 Å². The standard InChI is InChI=1S/C15H22N2O2/c1-16-8-6-14(7-9-16)17(2)11-12-4-3-5-13(10-12)15(18)19/h3-5,10,14H,6-9,11H2,1-2H3,(H,18,19). The zero-order valence-corrected chi connectivity index (χ0v) is 11.7. The van der Waals surface area contributed by atoms with E-state index in [1.807, 2.05) is 12.1 Å². The molecular formula is C15H22N2O2. The highest BCUT2D eigenvalue weighted by Crippen LogP contribution is 2.17. The Labute approximate surface area is 114 Å². The van der Waals surface area contributed by atoms with Crippen LogP contribution in [0, 0.1) is 0 Å². The quantitative estimate of drug-likeness (QED) is 0.900. The number of carbonyl (C=O) groups is 1. The number of carboxylic acid groups (broad SMARTS) is 1. The topological polar surface area (TPSA) is 43.8 Å². The van der Waals surface area contributed by atoms with Gasteiger partial charge in [0.25, 0.3) is 0 Å². The Morgan fingerprint density at radius 2 is 2.11 bits per heavy atom. The van der Waals surface area contributed by atoms with Gasteiger partial charge < -0.3 is 10.0 Å². The fraction of sp³-hybridized carbons (Fsp3) is 0.533. The normalized spacial score (nSPS) is 17.8. The summed E-state index contributed by atoms with van der Waals surface area (Å²) < 4.78 is 0. The van der Waals surface area contributed by atoms with Crippen LogP contribution in [0.3, 0.4) is 0 Å². The van der Waals surface area contributed by atoms with Gasteiger partial charge in [-0.15, -0.1) is 0 Å². The first-order valence-electron chi connectivity index (χ1n) is 6.77. The summed E-state index contributed by atoms with van der Waals surface area (Å²) in [6.07, 6.45) is 2.37. The second-order valence-corrected chi connectivity index (χ2v) is 5.46. The van der Waals surface area contributed by atoms with Crippen LogP contribution in [0.1, 0.15) is 28.8 Å². The van der Waals surface area contributed by atoms with Crippen molar-refractivity contribution in [3.8, 4) is 0 Å². The number of carboxylic acids is 1. The minimum Gasteiger partial charge on any atom is -0.478 e. The highest BCUT2D eigenvalue weighted by atomic mass is 16.4. The van der Waals surface area contributed by atoms with Gasteiger partial charge in [0.15, 0.2) is 0 Å². The Morgan fingerprint density at radius 3 is 2.74 bits per heavy atom. The molecule has 1 N–H and O–H groups in total. The van der Waals surface area contributed by atoms with Crippen molar-refractivity contribution in [3.63, 3.8) is 0 Å². The molecule has 1 fully saturated rings. The van der Waals surface area contributed by atoms with Crippen LogP contribution in [-0.2, 0) is 6.54 Å². The van der Waals surface area contributed by atoms with Gasteiger partial charge in [-0.1, -0.05) is 12.1 Å². The van der Waals surface area contributed by atoms with Crippen LogP contribution in [0.15, 0.2) is 24.3 Å². The number of hydrogen-bond acceptors (Lipinski definition) is 3. The fourth-order valence-electron chi connectivity index (χ4n) is 2.66. The molecule has 4 heteroatoms. The average Bonchev–Trinajstić information content (AvgIpc) is 2.39. The summed E-state index contributed by atoms with van der Waals surface area (Å²) in [6, 6.07) is 7.83. The molecule has 1 aromatic carbocycles. The van der Waals surface area contributed by atoms with Crippen LogP contribution in [0.25, 0.3) is 0 Å². The van der Waals surface area contributed by atoms with E-state index in [1.54, 1.807) is 12.1 Å². The molecule has 0 atom stereocenters. The third kappa shape index (κ3) is 3.78. The maximum absolute atomic E-state index is 11.0. The highest BCUT2D eigenvalue weighted by molar-refractivity contribution is 5.87. The molecule has 0 aromatic heterocycles. The number of nitrogens with zero attached hydrogens (tertiary/aromatic N) is 2. The van der Waals surface area contributed by atoms with Crippen molar-refractivity contribution in [1.82, 2.24) is 9.80 Å². The Morgan fingerprint density at radius 1 is 1.42 bits per heavy atom. The van der Waals surface area contributed by atoms with Crippen molar-refractivity contribution < 1.29 is 9.90 Å². The molecule has 0 saturated carbocycles. The summed E-state index contributed by atoms with van der Waals surface area (Å²) in [5, 5.41) is 9.00. The van der Waals surface area contributed by atoms with Gasteiger partial charge in [-0.05, 0) is 57.7 Å². The molecule has 1 saturated heterocycles. The smallest absolute Gasteiger partial charge is 0.335 e. The summed E-state index contributed by atoms with van der Waals surface area (Å²) in [7, 11) is 4.29. The van der Waals surface area contributed by atoms with E-state index in [1.165, 1.54) is 12.8 Å².